The molecule has 2 N–H and O–H groups in total. The van der Waals surface area contributed by atoms with Gasteiger partial charge in [0, 0.05) is 11.4 Å². The molecule has 0 saturated heterocycles. The number of nitrogens with zero attached hydrogens (tertiary/aromatic N) is 1. The molecular weight excluding hydrogens is 577 g/mol. The molecule has 208 valence electrons. The van der Waals surface area contributed by atoms with Gasteiger partial charge in [0.25, 0.3) is 11.8 Å². The predicted octanol–water partition coefficient (Wildman–Crippen LogP) is 5.31. The molecule has 2 atom stereocenters. The van der Waals surface area contributed by atoms with Crippen molar-refractivity contribution in [2.45, 2.75) is 25.5 Å². The highest BCUT2D eigenvalue weighted by Gasteiger charge is 2.25. The summed E-state index contributed by atoms with van der Waals surface area (Å²) in [5.74, 6) is 2.22. The van der Waals surface area contributed by atoms with Crippen molar-refractivity contribution in [2.24, 2.45) is 5.10 Å². The highest BCUT2D eigenvalue weighted by molar-refractivity contribution is 6.35. The molecule has 0 aliphatic carbocycles. The van der Waals surface area contributed by atoms with E-state index in [1.807, 2.05) is 30.3 Å². The summed E-state index contributed by atoms with van der Waals surface area (Å²) in [5.41, 5.74) is 3.83. The smallest absolute Gasteiger partial charge is 0.262 e. The van der Waals surface area contributed by atoms with Crippen LogP contribution in [0.2, 0.25) is 15.1 Å². The predicted molar refractivity (Wildman–Crippen MR) is 157 cm³/mol. The summed E-state index contributed by atoms with van der Waals surface area (Å²) < 4.78 is 16.4. The highest BCUT2D eigenvalue weighted by atomic mass is 35.5. The van der Waals surface area contributed by atoms with Crippen molar-refractivity contribution in [1.82, 2.24) is 10.7 Å². The number of amides is 2. The van der Waals surface area contributed by atoms with E-state index in [2.05, 4.69) is 21.8 Å². The second-order valence-corrected chi connectivity index (χ2v) is 9.60. The van der Waals surface area contributed by atoms with Gasteiger partial charge in [-0.25, -0.2) is 5.43 Å². The second kappa shape index (κ2) is 15.0. The molecule has 2 amide bonds. The van der Waals surface area contributed by atoms with E-state index in [1.165, 1.54) is 19.4 Å². The van der Waals surface area contributed by atoms with Crippen molar-refractivity contribution in [3.8, 4) is 29.6 Å². The van der Waals surface area contributed by atoms with Crippen LogP contribution in [0.5, 0.6) is 17.2 Å². The first-order valence-electron chi connectivity index (χ1n) is 11.9. The van der Waals surface area contributed by atoms with E-state index in [9.17, 15) is 9.59 Å². The third kappa shape index (κ3) is 8.82. The Morgan fingerprint density at radius 2 is 1.77 bits per heavy atom. The van der Waals surface area contributed by atoms with Gasteiger partial charge in [-0.15, -0.1) is 6.42 Å². The van der Waals surface area contributed by atoms with E-state index < -0.39 is 24.0 Å². The molecular formula is C29H26Cl3N3O5. The van der Waals surface area contributed by atoms with Crippen LogP contribution in [0.25, 0.3) is 0 Å². The van der Waals surface area contributed by atoms with Crippen molar-refractivity contribution >= 4 is 52.8 Å². The topological polar surface area (TPSA) is 98.2 Å². The number of hydrogen-bond donors (Lipinski definition) is 2. The number of hydrogen-bond acceptors (Lipinski definition) is 6. The van der Waals surface area contributed by atoms with Crippen LogP contribution in [0.15, 0.2) is 65.8 Å². The van der Waals surface area contributed by atoms with Gasteiger partial charge in [-0.2, -0.15) is 5.10 Å². The van der Waals surface area contributed by atoms with E-state index in [1.54, 1.807) is 31.2 Å². The summed E-state index contributed by atoms with van der Waals surface area (Å²) in [4.78, 5) is 26.1. The number of benzene rings is 3. The summed E-state index contributed by atoms with van der Waals surface area (Å²) in [6.07, 6.45) is 5.88. The van der Waals surface area contributed by atoms with Gasteiger partial charge < -0.3 is 19.5 Å². The number of rotatable bonds is 12. The maximum absolute atomic E-state index is 13.1. The van der Waals surface area contributed by atoms with E-state index in [-0.39, 0.29) is 28.8 Å². The molecule has 0 unspecified atom stereocenters. The van der Waals surface area contributed by atoms with Crippen molar-refractivity contribution < 1.29 is 23.8 Å². The van der Waals surface area contributed by atoms with Crippen molar-refractivity contribution in [3.05, 3.63) is 86.9 Å². The lowest BCUT2D eigenvalue weighted by Crippen LogP contribution is -2.50. The molecule has 0 spiro atoms. The Kier molecular flexibility index (Phi) is 11.5. The normalized spacial score (nSPS) is 12.2. The first kappa shape index (κ1) is 30.6. The third-order valence-corrected chi connectivity index (χ3v) is 6.23. The molecule has 0 aliphatic heterocycles. The van der Waals surface area contributed by atoms with Gasteiger partial charge in [0.2, 0.25) is 0 Å². The lowest BCUT2D eigenvalue weighted by Gasteiger charge is -2.21. The lowest BCUT2D eigenvalue weighted by atomic mass is 10.1. The van der Waals surface area contributed by atoms with Crippen LogP contribution in [0.3, 0.4) is 0 Å². The van der Waals surface area contributed by atoms with Gasteiger partial charge in [-0.3, -0.25) is 9.59 Å². The number of halogens is 3. The van der Waals surface area contributed by atoms with Gasteiger partial charge in [-0.1, -0.05) is 71.1 Å². The SMILES string of the molecule is C#CCOc1c(Cl)cc(/C=N\NC(=O)[C@H](Cc2ccccc2)NC(=O)[C@@H](C)Oc2ccc(Cl)cc2Cl)cc1OC. The number of carbonyl (C=O) groups excluding carboxylic acids is 2. The molecule has 0 fully saturated rings. The number of nitrogens with one attached hydrogen (secondary N) is 2. The monoisotopic (exact) mass is 601 g/mol. The van der Waals surface area contributed by atoms with Gasteiger partial charge in [-0.05, 0) is 48.4 Å². The number of hydrazone groups is 1. The van der Waals surface area contributed by atoms with Crippen LogP contribution in [0.4, 0.5) is 0 Å². The van der Waals surface area contributed by atoms with Crippen molar-refractivity contribution in [3.63, 3.8) is 0 Å². The Morgan fingerprint density at radius 1 is 1.02 bits per heavy atom. The average Bonchev–Trinajstić information content (AvgIpc) is 2.93. The molecule has 0 aliphatic rings. The van der Waals surface area contributed by atoms with Crippen LogP contribution in [-0.4, -0.2) is 43.9 Å². The zero-order valence-electron chi connectivity index (χ0n) is 21.6. The molecule has 11 heteroatoms. The Hall–Kier alpha value is -3.90. The zero-order chi connectivity index (χ0) is 29.1. The van der Waals surface area contributed by atoms with E-state index in [4.69, 9.17) is 55.4 Å². The molecule has 40 heavy (non-hydrogen) atoms. The number of carbonyl (C=O) groups is 2. The van der Waals surface area contributed by atoms with Gasteiger partial charge in [0.15, 0.2) is 17.6 Å². The van der Waals surface area contributed by atoms with Gasteiger partial charge in [0.1, 0.15) is 18.4 Å². The van der Waals surface area contributed by atoms with Gasteiger partial charge in [0.05, 0.1) is 23.4 Å². The molecule has 3 aromatic carbocycles. The van der Waals surface area contributed by atoms with Crippen LogP contribution in [0.1, 0.15) is 18.1 Å². The minimum absolute atomic E-state index is 0.0183. The summed E-state index contributed by atoms with van der Waals surface area (Å²) in [6.45, 7) is 1.56. The Balaban J connectivity index is 1.72. The fraction of sp³-hybridized carbons (Fsp3) is 0.207. The quantitative estimate of drug-likeness (QED) is 0.166. The van der Waals surface area contributed by atoms with Gasteiger partial charge >= 0.3 is 0 Å². The Labute approximate surface area is 247 Å². The number of methoxy groups -OCH3 is 1. The number of terminal acetylenes is 1. The van der Waals surface area contributed by atoms with Crippen LogP contribution < -0.4 is 25.0 Å². The fourth-order valence-electron chi connectivity index (χ4n) is 3.48. The molecule has 0 bridgehead atoms. The molecule has 8 nitrogen and oxygen atoms in total. The zero-order valence-corrected chi connectivity index (χ0v) is 23.9. The highest BCUT2D eigenvalue weighted by Crippen LogP contribution is 2.36. The molecule has 0 saturated carbocycles. The summed E-state index contributed by atoms with van der Waals surface area (Å²) in [6, 6.07) is 16.1. The molecule has 3 aromatic rings. The molecule has 0 radical (unpaired) electrons. The minimum atomic E-state index is -0.962. The maximum atomic E-state index is 13.1. The summed E-state index contributed by atoms with van der Waals surface area (Å²) in [5, 5.41) is 7.70. The van der Waals surface area contributed by atoms with E-state index in [0.29, 0.717) is 22.1 Å². The van der Waals surface area contributed by atoms with Crippen LogP contribution >= 0.6 is 34.8 Å². The van der Waals surface area contributed by atoms with E-state index >= 15 is 0 Å². The minimum Gasteiger partial charge on any atom is -0.493 e. The summed E-state index contributed by atoms with van der Waals surface area (Å²) >= 11 is 18.4. The average molecular weight is 603 g/mol. The number of ether oxygens (including phenoxy) is 3. The Bertz CT molecular complexity index is 1410. The summed E-state index contributed by atoms with van der Waals surface area (Å²) in [7, 11) is 1.46. The fourth-order valence-corrected chi connectivity index (χ4v) is 4.21. The second-order valence-electron chi connectivity index (χ2n) is 8.35. The van der Waals surface area contributed by atoms with Crippen molar-refractivity contribution in [2.75, 3.05) is 13.7 Å². The van der Waals surface area contributed by atoms with Crippen molar-refractivity contribution in [1.29, 1.82) is 0 Å². The van der Waals surface area contributed by atoms with Crippen LogP contribution in [-0.2, 0) is 16.0 Å². The van der Waals surface area contributed by atoms with E-state index in [0.717, 1.165) is 5.56 Å². The first-order valence-corrected chi connectivity index (χ1v) is 13.1. The lowest BCUT2D eigenvalue weighted by molar-refractivity contribution is -0.132. The van der Waals surface area contributed by atoms with Crippen LogP contribution in [0, 0.1) is 12.3 Å². The molecule has 0 heterocycles. The largest absolute Gasteiger partial charge is 0.493 e. The maximum Gasteiger partial charge on any atom is 0.262 e. The third-order valence-electron chi connectivity index (χ3n) is 5.42. The Morgan fingerprint density at radius 3 is 2.45 bits per heavy atom. The molecule has 3 rings (SSSR count). The first-order chi connectivity index (χ1) is 19.2. The molecule has 0 aromatic heterocycles. The standard InChI is InChI=1S/C29H26Cl3N3O5/c1-4-12-39-27-23(32)13-20(15-26(27)38-3)17-33-35-29(37)24(14-19-8-6-5-7-9-19)34-28(36)18(2)40-25-11-10-21(30)16-22(25)31/h1,5-11,13,15-18,24H,12,14H2,2-3H3,(H,34,36)(H,35,37)/b33-17-/t18-,24+/m1/s1.